The maximum absolute atomic E-state index is 4.26. The van der Waals surface area contributed by atoms with Gasteiger partial charge in [0.1, 0.15) is 10.4 Å². The molecule has 0 radical (unpaired) electrons. The van der Waals surface area contributed by atoms with Crippen LogP contribution < -0.4 is 0 Å². The molecule has 0 aliphatic heterocycles. The zero-order valence-electron chi connectivity index (χ0n) is 7.74. The van der Waals surface area contributed by atoms with Crippen LogP contribution in [0.15, 0.2) is 41.1 Å². The lowest BCUT2D eigenvalue weighted by Crippen LogP contribution is -1.90. The first-order valence-electron chi connectivity index (χ1n) is 4.32. The molecule has 0 spiro atoms. The van der Waals surface area contributed by atoms with Gasteiger partial charge < -0.3 is 0 Å². The van der Waals surface area contributed by atoms with Crippen LogP contribution in [-0.4, -0.2) is 9.97 Å². The highest BCUT2D eigenvalue weighted by atomic mass is 79.9. The van der Waals surface area contributed by atoms with Crippen molar-refractivity contribution in [1.82, 2.24) is 9.97 Å². The Morgan fingerprint density at radius 2 is 1.86 bits per heavy atom. The van der Waals surface area contributed by atoms with Crippen molar-refractivity contribution in [2.45, 2.75) is 6.92 Å². The minimum Gasteiger partial charge on any atom is -0.241 e. The van der Waals surface area contributed by atoms with Crippen LogP contribution in [-0.2, 0) is 0 Å². The minimum atomic E-state index is 0.775. The van der Waals surface area contributed by atoms with Gasteiger partial charge in [-0.2, -0.15) is 0 Å². The van der Waals surface area contributed by atoms with E-state index < -0.39 is 0 Å². The molecule has 2 rings (SSSR count). The van der Waals surface area contributed by atoms with Gasteiger partial charge in [-0.15, -0.1) is 0 Å². The normalized spacial score (nSPS) is 10.1. The second-order valence-electron chi connectivity index (χ2n) is 2.99. The second kappa shape index (κ2) is 3.88. The number of hydrogen-bond acceptors (Lipinski definition) is 2. The first-order chi connectivity index (χ1) is 6.77. The van der Waals surface area contributed by atoms with E-state index in [4.69, 9.17) is 0 Å². The summed E-state index contributed by atoms with van der Waals surface area (Å²) < 4.78 is 0.844. The summed E-state index contributed by atoms with van der Waals surface area (Å²) in [7, 11) is 0. The van der Waals surface area contributed by atoms with Crippen molar-refractivity contribution in [3.63, 3.8) is 0 Å². The van der Waals surface area contributed by atoms with E-state index in [2.05, 4.69) is 25.9 Å². The predicted octanol–water partition coefficient (Wildman–Crippen LogP) is 3.21. The van der Waals surface area contributed by atoms with Gasteiger partial charge in [0, 0.05) is 11.8 Å². The Morgan fingerprint density at radius 1 is 1.14 bits per heavy atom. The van der Waals surface area contributed by atoms with Crippen LogP contribution in [0, 0.1) is 6.92 Å². The van der Waals surface area contributed by atoms with Crippen LogP contribution >= 0.6 is 15.9 Å². The number of aromatic nitrogens is 2. The van der Waals surface area contributed by atoms with Gasteiger partial charge in [0.2, 0.25) is 0 Å². The number of hydrogen-bond donors (Lipinski definition) is 0. The van der Waals surface area contributed by atoms with Crippen molar-refractivity contribution in [3.05, 3.63) is 47.0 Å². The Morgan fingerprint density at radius 3 is 2.50 bits per heavy atom. The molecule has 70 valence electrons. The molecule has 2 aromatic rings. The summed E-state index contributed by atoms with van der Waals surface area (Å²) in [4.78, 5) is 8.43. The Bertz CT molecular complexity index is 440. The maximum Gasteiger partial charge on any atom is 0.126 e. The molecule has 1 aromatic carbocycles. The molecule has 0 saturated heterocycles. The average molecular weight is 249 g/mol. The van der Waals surface area contributed by atoms with Crippen LogP contribution in [0.5, 0.6) is 0 Å². The lowest BCUT2D eigenvalue weighted by atomic mass is 10.1. The lowest BCUT2D eigenvalue weighted by molar-refractivity contribution is 1.04. The molecule has 0 N–H and O–H groups in total. The minimum absolute atomic E-state index is 0.775. The Kier molecular flexibility index (Phi) is 2.59. The molecular weight excluding hydrogens is 240 g/mol. The molecule has 0 unspecified atom stereocenters. The highest BCUT2D eigenvalue weighted by Crippen LogP contribution is 2.25. The summed E-state index contributed by atoms with van der Waals surface area (Å²) in [6.45, 7) is 1.87. The number of nitrogens with zero attached hydrogens (tertiary/aromatic N) is 2. The average Bonchev–Trinajstić information content (AvgIpc) is 2.19. The van der Waals surface area contributed by atoms with Gasteiger partial charge in [0.25, 0.3) is 0 Å². The molecule has 14 heavy (non-hydrogen) atoms. The van der Waals surface area contributed by atoms with E-state index >= 15 is 0 Å². The second-order valence-corrected chi connectivity index (χ2v) is 3.74. The third-order valence-electron chi connectivity index (χ3n) is 1.95. The molecule has 3 heteroatoms. The first kappa shape index (κ1) is 9.34. The van der Waals surface area contributed by atoms with Crippen molar-refractivity contribution < 1.29 is 0 Å². The summed E-state index contributed by atoms with van der Waals surface area (Å²) in [6.07, 6.45) is 1.84. The van der Waals surface area contributed by atoms with Gasteiger partial charge in [0.05, 0.1) is 0 Å². The molecule has 0 aliphatic rings. The first-order valence-corrected chi connectivity index (χ1v) is 5.11. The predicted molar refractivity (Wildman–Crippen MR) is 59.9 cm³/mol. The summed E-state index contributed by atoms with van der Waals surface area (Å²) in [5.74, 6) is 0.775. The van der Waals surface area contributed by atoms with E-state index in [1.54, 1.807) is 0 Å². The smallest absolute Gasteiger partial charge is 0.126 e. The molecule has 0 bridgehead atoms. The van der Waals surface area contributed by atoms with Gasteiger partial charge in [-0.3, -0.25) is 0 Å². The van der Waals surface area contributed by atoms with Crippen LogP contribution in [0.25, 0.3) is 11.1 Å². The highest BCUT2D eigenvalue weighted by molar-refractivity contribution is 9.10. The Hall–Kier alpha value is -1.22. The molecule has 1 heterocycles. The highest BCUT2D eigenvalue weighted by Gasteiger charge is 2.03. The van der Waals surface area contributed by atoms with Crippen molar-refractivity contribution in [2.75, 3.05) is 0 Å². The Labute approximate surface area is 91.2 Å². The fraction of sp³-hybridized carbons (Fsp3) is 0.0909. The molecular formula is C11H9BrN2. The molecule has 0 saturated carbocycles. The van der Waals surface area contributed by atoms with Gasteiger partial charge in [-0.05, 0) is 28.4 Å². The number of halogens is 1. The van der Waals surface area contributed by atoms with Gasteiger partial charge in [0.15, 0.2) is 0 Å². The van der Waals surface area contributed by atoms with Crippen molar-refractivity contribution in [2.24, 2.45) is 0 Å². The van der Waals surface area contributed by atoms with Crippen molar-refractivity contribution >= 4 is 15.9 Å². The monoisotopic (exact) mass is 248 g/mol. The maximum atomic E-state index is 4.26. The summed E-state index contributed by atoms with van der Waals surface area (Å²) in [6, 6.07) is 10.1. The third-order valence-corrected chi connectivity index (χ3v) is 2.55. The van der Waals surface area contributed by atoms with E-state index in [0.29, 0.717) is 0 Å². The van der Waals surface area contributed by atoms with E-state index in [9.17, 15) is 0 Å². The van der Waals surface area contributed by atoms with Crippen LogP contribution in [0.4, 0.5) is 0 Å². The third kappa shape index (κ3) is 1.82. The van der Waals surface area contributed by atoms with E-state index in [0.717, 1.165) is 21.6 Å². The summed E-state index contributed by atoms with van der Waals surface area (Å²) in [5.41, 5.74) is 2.15. The van der Waals surface area contributed by atoms with Crippen molar-refractivity contribution in [1.29, 1.82) is 0 Å². The molecule has 0 atom stereocenters. The zero-order valence-corrected chi connectivity index (χ0v) is 9.32. The molecule has 2 nitrogen and oxygen atoms in total. The van der Waals surface area contributed by atoms with E-state index in [1.807, 2.05) is 43.5 Å². The largest absolute Gasteiger partial charge is 0.241 e. The van der Waals surface area contributed by atoms with Gasteiger partial charge >= 0.3 is 0 Å². The fourth-order valence-corrected chi connectivity index (χ4v) is 1.84. The van der Waals surface area contributed by atoms with Crippen LogP contribution in [0.3, 0.4) is 0 Å². The van der Waals surface area contributed by atoms with Crippen molar-refractivity contribution in [3.8, 4) is 11.1 Å². The SMILES string of the molecule is Cc1ncc(-c2ccccc2)c(Br)n1. The lowest BCUT2D eigenvalue weighted by Gasteiger charge is -2.03. The topological polar surface area (TPSA) is 25.8 Å². The van der Waals surface area contributed by atoms with Gasteiger partial charge in [-0.25, -0.2) is 9.97 Å². The molecule has 1 aromatic heterocycles. The molecule has 0 aliphatic carbocycles. The summed E-state index contributed by atoms with van der Waals surface area (Å²) in [5, 5.41) is 0. The van der Waals surface area contributed by atoms with Crippen LogP contribution in [0.2, 0.25) is 0 Å². The number of rotatable bonds is 1. The summed E-state index contributed by atoms with van der Waals surface area (Å²) >= 11 is 3.43. The zero-order chi connectivity index (χ0) is 9.97. The van der Waals surface area contributed by atoms with Crippen LogP contribution in [0.1, 0.15) is 5.82 Å². The molecule has 0 fully saturated rings. The van der Waals surface area contributed by atoms with Gasteiger partial charge in [-0.1, -0.05) is 30.3 Å². The fourth-order valence-electron chi connectivity index (χ4n) is 1.25. The standard InChI is InChI=1S/C11H9BrN2/c1-8-13-7-10(11(12)14-8)9-5-3-2-4-6-9/h2-7H,1H3. The number of aryl methyl sites for hydroxylation is 1. The number of benzene rings is 1. The quantitative estimate of drug-likeness (QED) is 0.725. The molecule has 0 amide bonds. The Balaban J connectivity index is 2.53. The van der Waals surface area contributed by atoms with E-state index in [-0.39, 0.29) is 0 Å². The van der Waals surface area contributed by atoms with E-state index in [1.165, 1.54) is 0 Å².